The molecule has 7 heteroatoms. The summed E-state index contributed by atoms with van der Waals surface area (Å²) in [4.78, 5) is 6.66. The molecule has 1 saturated heterocycles. The number of sulfone groups is 1. The predicted molar refractivity (Wildman–Crippen MR) is 89.0 cm³/mol. The molecule has 2 aliphatic rings. The summed E-state index contributed by atoms with van der Waals surface area (Å²) in [5.41, 5.74) is 1.16. The zero-order chi connectivity index (χ0) is 16.6. The van der Waals surface area contributed by atoms with E-state index in [1.54, 1.807) is 0 Å². The molecule has 1 aromatic heterocycles. The van der Waals surface area contributed by atoms with E-state index in [9.17, 15) is 8.42 Å². The lowest BCUT2D eigenvalue weighted by molar-refractivity contribution is 0.187. The smallest absolute Gasteiger partial charge is 0.229 e. The summed E-state index contributed by atoms with van der Waals surface area (Å²) in [5.74, 6) is 2.29. The molecule has 1 aliphatic heterocycles. The third-order valence-corrected chi connectivity index (χ3v) is 6.46. The van der Waals surface area contributed by atoms with Gasteiger partial charge in [0.15, 0.2) is 15.7 Å². The van der Waals surface area contributed by atoms with Crippen LogP contribution in [0.4, 0.5) is 0 Å². The Labute approximate surface area is 141 Å². The monoisotopic (exact) mass is 347 g/mol. The highest BCUT2D eigenvalue weighted by molar-refractivity contribution is 7.91. The van der Waals surface area contributed by atoms with Crippen LogP contribution < -0.4 is 0 Å². The average Bonchev–Trinajstić information content (AvgIpc) is 3.20. The van der Waals surface area contributed by atoms with Gasteiger partial charge in [0, 0.05) is 18.5 Å². The van der Waals surface area contributed by atoms with Crippen LogP contribution in [0.25, 0.3) is 0 Å². The summed E-state index contributed by atoms with van der Waals surface area (Å²) < 4.78 is 29.1. The Morgan fingerprint density at radius 1 is 1.12 bits per heavy atom. The first kappa shape index (κ1) is 15.8. The van der Waals surface area contributed by atoms with Gasteiger partial charge in [0.1, 0.15) is 0 Å². The normalized spacial score (nSPS) is 23.0. The molecule has 6 nitrogen and oxygen atoms in total. The lowest BCUT2D eigenvalue weighted by Gasteiger charge is -2.26. The van der Waals surface area contributed by atoms with E-state index in [1.807, 2.05) is 18.2 Å². The minimum atomic E-state index is -2.93. The quantitative estimate of drug-likeness (QED) is 0.797. The standard InChI is InChI=1S/C17H21N3O3S/c21-24(22)9-8-15(12-24)20(10-13-4-2-1-3-5-13)11-16-18-17(23-19-16)14-6-7-14/h1-5,14-15H,6-12H2/t15-/m1/s1. The first-order chi connectivity index (χ1) is 11.6. The van der Waals surface area contributed by atoms with E-state index in [0.29, 0.717) is 31.3 Å². The Kier molecular flexibility index (Phi) is 4.14. The van der Waals surface area contributed by atoms with Crippen molar-refractivity contribution in [3.05, 3.63) is 47.6 Å². The fourth-order valence-electron chi connectivity index (χ4n) is 3.20. The first-order valence-electron chi connectivity index (χ1n) is 8.40. The number of rotatable bonds is 6. The van der Waals surface area contributed by atoms with Crippen molar-refractivity contribution in [2.24, 2.45) is 0 Å². The Bertz CT molecular complexity index is 799. The van der Waals surface area contributed by atoms with Gasteiger partial charge in [-0.05, 0) is 24.8 Å². The van der Waals surface area contributed by atoms with Crippen LogP contribution in [0.15, 0.2) is 34.9 Å². The topological polar surface area (TPSA) is 76.3 Å². The van der Waals surface area contributed by atoms with Crippen LogP contribution in [0.1, 0.15) is 42.5 Å². The van der Waals surface area contributed by atoms with E-state index in [0.717, 1.165) is 24.3 Å². The molecular formula is C17H21N3O3S. The molecule has 4 rings (SSSR count). The van der Waals surface area contributed by atoms with Gasteiger partial charge in [-0.2, -0.15) is 4.98 Å². The van der Waals surface area contributed by atoms with Gasteiger partial charge in [-0.3, -0.25) is 4.90 Å². The third-order valence-electron chi connectivity index (χ3n) is 4.71. The molecule has 1 aliphatic carbocycles. The molecule has 1 aromatic carbocycles. The number of hydrogen-bond donors (Lipinski definition) is 0. The predicted octanol–water partition coefficient (Wildman–Crippen LogP) is 2.14. The Balaban J connectivity index is 1.52. The fraction of sp³-hybridized carbons (Fsp3) is 0.529. The fourth-order valence-corrected chi connectivity index (χ4v) is 4.97. The van der Waals surface area contributed by atoms with E-state index < -0.39 is 9.84 Å². The number of hydrogen-bond acceptors (Lipinski definition) is 6. The average molecular weight is 347 g/mol. The van der Waals surface area contributed by atoms with Gasteiger partial charge in [-0.15, -0.1) is 0 Å². The van der Waals surface area contributed by atoms with Crippen LogP contribution in [0.2, 0.25) is 0 Å². The van der Waals surface area contributed by atoms with E-state index in [1.165, 1.54) is 0 Å². The largest absolute Gasteiger partial charge is 0.339 e. The minimum absolute atomic E-state index is 0.0121. The molecule has 2 aromatic rings. The Morgan fingerprint density at radius 2 is 1.92 bits per heavy atom. The zero-order valence-electron chi connectivity index (χ0n) is 13.5. The van der Waals surface area contributed by atoms with Crippen molar-refractivity contribution in [1.29, 1.82) is 0 Å². The maximum atomic E-state index is 11.9. The number of nitrogens with zero attached hydrogens (tertiary/aromatic N) is 3. The minimum Gasteiger partial charge on any atom is -0.339 e. The first-order valence-corrected chi connectivity index (χ1v) is 10.2. The van der Waals surface area contributed by atoms with Crippen molar-refractivity contribution in [1.82, 2.24) is 15.0 Å². The maximum absolute atomic E-state index is 11.9. The van der Waals surface area contributed by atoms with Crippen molar-refractivity contribution in [3.8, 4) is 0 Å². The van der Waals surface area contributed by atoms with Crippen LogP contribution in [0, 0.1) is 0 Å². The molecule has 0 unspecified atom stereocenters. The van der Waals surface area contributed by atoms with Crippen LogP contribution in [0.3, 0.4) is 0 Å². The Hall–Kier alpha value is -1.73. The lowest BCUT2D eigenvalue weighted by Crippen LogP contribution is -2.35. The van der Waals surface area contributed by atoms with Gasteiger partial charge in [-0.25, -0.2) is 8.42 Å². The van der Waals surface area contributed by atoms with Gasteiger partial charge in [-0.1, -0.05) is 35.5 Å². The van der Waals surface area contributed by atoms with E-state index in [2.05, 4.69) is 27.2 Å². The highest BCUT2D eigenvalue weighted by Gasteiger charge is 2.34. The molecule has 128 valence electrons. The molecule has 0 bridgehead atoms. The highest BCUT2D eigenvalue weighted by atomic mass is 32.2. The molecule has 2 heterocycles. The summed E-state index contributed by atoms with van der Waals surface area (Å²) >= 11 is 0. The van der Waals surface area contributed by atoms with Crippen molar-refractivity contribution < 1.29 is 12.9 Å². The van der Waals surface area contributed by atoms with Crippen LogP contribution in [0.5, 0.6) is 0 Å². The summed E-state index contributed by atoms with van der Waals surface area (Å²) in [5, 5.41) is 4.09. The molecule has 2 fully saturated rings. The summed E-state index contributed by atoms with van der Waals surface area (Å²) in [6, 6.07) is 10.1. The second-order valence-corrected chi connectivity index (χ2v) is 9.00. The molecule has 24 heavy (non-hydrogen) atoms. The van der Waals surface area contributed by atoms with Crippen molar-refractivity contribution >= 4 is 9.84 Å². The van der Waals surface area contributed by atoms with Crippen LogP contribution in [-0.2, 0) is 22.9 Å². The lowest BCUT2D eigenvalue weighted by atomic mass is 10.1. The van der Waals surface area contributed by atoms with Crippen molar-refractivity contribution in [2.75, 3.05) is 11.5 Å². The number of benzene rings is 1. The molecule has 0 spiro atoms. The van der Waals surface area contributed by atoms with Gasteiger partial charge in [0.2, 0.25) is 5.89 Å². The molecule has 0 N–H and O–H groups in total. The summed E-state index contributed by atoms with van der Waals surface area (Å²) in [6.45, 7) is 1.21. The van der Waals surface area contributed by atoms with Gasteiger partial charge in [0.05, 0.1) is 18.1 Å². The molecule has 1 atom stereocenters. The number of aromatic nitrogens is 2. The van der Waals surface area contributed by atoms with Crippen LogP contribution in [-0.4, -0.2) is 41.0 Å². The molecule has 1 saturated carbocycles. The highest BCUT2D eigenvalue weighted by Crippen LogP contribution is 2.38. The summed E-state index contributed by atoms with van der Waals surface area (Å²) in [6.07, 6.45) is 2.91. The zero-order valence-corrected chi connectivity index (χ0v) is 14.3. The van der Waals surface area contributed by atoms with Crippen molar-refractivity contribution in [2.45, 2.75) is 44.3 Å². The van der Waals surface area contributed by atoms with Crippen molar-refractivity contribution in [3.63, 3.8) is 0 Å². The second kappa shape index (κ2) is 6.29. The second-order valence-electron chi connectivity index (χ2n) is 6.77. The van der Waals surface area contributed by atoms with E-state index >= 15 is 0 Å². The molecule has 0 radical (unpaired) electrons. The van der Waals surface area contributed by atoms with E-state index in [-0.39, 0.29) is 17.5 Å². The van der Waals surface area contributed by atoms with Gasteiger partial charge < -0.3 is 4.52 Å². The van der Waals surface area contributed by atoms with E-state index in [4.69, 9.17) is 4.52 Å². The molecule has 0 amide bonds. The van der Waals surface area contributed by atoms with Crippen LogP contribution >= 0.6 is 0 Å². The maximum Gasteiger partial charge on any atom is 0.229 e. The SMILES string of the molecule is O=S1(=O)CC[C@@H](N(Cc2ccccc2)Cc2noc(C3CC3)n2)C1. The molecular weight excluding hydrogens is 326 g/mol. The Morgan fingerprint density at radius 3 is 2.58 bits per heavy atom. The summed E-state index contributed by atoms with van der Waals surface area (Å²) in [7, 11) is -2.93. The van der Waals surface area contributed by atoms with Gasteiger partial charge >= 0.3 is 0 Å². The third kappa shape index (κ3) is 3.67. The van der Waals surface area contributed by atoms with Gasteiger partial charge in [0.25, 0.3) is 0 Å².